The third-order valence-corrected chi connectivity index (χ3v) is 6.99. The molecule has 1 aliphatic heterocycles. The van der Waals surface area contributed by atoms with Gasteiger partial charge in [-0.05, 0) is 24.8 Å². The van der Waals surface area contributed by atoms with Gasteiger partial charge in [0.1, 0.15) is 0 Å². The number of anilines is 1. The zero-order valence-corrected chi connectivity index (χ0v) is 17.4. The van der Waals surface area contributed by atoms with Crippen molar-refractivity contribution in [2.75, 3.05) is 29.9 Å². The summed E-state index contributed by atoms with van der Waals surface area (Å²) in [6, 6.07) is 10.1. The molecule has 1 aromatic heterocycles. The summed E-state index contributed by atoms with van der Waals surface area (Å²) < 4.78 is 0.701. The fraction of sp³-hybridized carbons (Fsp3) is 0.444. The van der Waals surface area contributed by atoms with Gasteiger partial charge >= 0.3 is 0 Å². The maximum atomic E-state index is 12.2. The van der Waals surface area contributed by atoms with E-state index in [9.17, 15) is 9.59 Å². The number of nitrogens with one attached hydrogen (secondary N) is 1. The van der Waals surface area contributed by atoms with Gasteiger partial charge < -0.3 is 4.90 Å². The largest absolute Gasteiger partial charge is 0.342 e. The van der Waals surface area contributed by atoms with Gasteiger partial charge in [0.25, 0.3) is 0 Å². The molecule has 1 aromatic carbocycles. The predicted octanol–water partition coefficient (Wildman–Crippen LogP) is 3.51. The Kier molecular flexibility index (Phi) is 7.97. The zero-order chi connectivity index (χ0) is 18.9. The SMILES string of the molecule is O=C(CSCc1ccccc1)Nc1nnc(SCC(=O)N2CCCCC2)s1. The minimum Gasteiger partial charge on any atom is -0.342 e. The topological polar surface area (TPSA) is 75.2 Å². The van der Waals surface area contributed by atoms with E-state index in [2.05, 4.69) is 15.5 Å². The first-order chi connectivity index (χ1) is 13.2. The van der Waals surface area contributed by atoms with Crippen LogP contribution in [-0.4, -0.2) is 51.5 Å². The second-order valence-corrected chi connectivity index (χ2v) is 9.32. The van der Waals surface area contributed by atoms with Gasteiger partial charge in [-0.3, -0.25) is 14.9 Å². The maximum Gasteiger partial charge on any atom is 0.236 e. The van der Waals surface area contributed by atoms with E-state index in [4.69, 9.17) is 0 Å². The first kappa shape index (κ1) is 20.2. The van der Waals surface area contributed by atoms with Crippen molar-refractivity contribution < 1.29 is 9.59 Å². The summed E-state index contributed by atoms with van der Waals surface area (Å²) in [5, 5.41) is 11.3. The van der Waals surface area contributed by atoms with Crippen molar-refractivity contribution in [1.29, 1.82) is 0 Å². The molecule has 0 saturated carbocycles. The van der Waals surface area contributed by atoms with Gasteiger partial charge in [-0.2, -0.15) is 0 Å². The smallest absolute Gasteiger partial charge is 0.236 e. The summed E-state index contributed by atoms with van der Waals surface area (Å²) in [4.78, 5) is 26.1. The third kappa shape index (κ3) is 6.82. The molecule has 2 aromatic rings. The molecule has 3 rings (SSSR count). The average Bonchev–Trinajstić information content (AvgIpc) is 3.15. The number of thioether (sulfide) groups is 2. The summed E-state index contributed by atoms with van der Waals surface area (Å²) in [5.74, 6) is 1.59. The van der Waals surface area contributed by atoms with Crippen molar-refractivity contribution in [2.24, 2.45) is 0 Å². The molecule has 27 heavy (non-hydrogen) atoms. The number of nitrogens with zero attached hydrogens (tertiary/aromatic N) is 3. The molecule has 0 atom stereocenters. The standard InChI is InChI=1S/C18H22N4O2S3/c23-15(12-25-11-14-7-3-1-4-8-14)19-17-20-21-18(27-17)26-13-16(24)22-9-5-2-6-10-22/h1,3-4,7-8H,2,5-6,9-13H2,(H,19,20,23). The van der Waals surface area contributed by atoms with Crippen molar-refractivity contribution in [1.82, 2.24) is 15.1 Å². The van der Waals surface area contributed by atoms with Gasteiger partial charge in [-0.15, -0.1) is 22.0 Å². The van der Waals surface area contributed by atoms with Crippen LogP contribution in [0.3, 0.4) is 0 Å². The van der Waals surface area contributed by atoms with Crippen molar-refractivity contribution in [3.8, 4) is 0 Å². The van der Waals surface area contributed by atoms with Crippen LogP contribution >= 0.6 is 34.9 Å². The molecule has 0 unspecified atom stereocenters. The Morgan fingerprint density at radius 2 is 1.85 bits per heavy atom. The van der Waals surface area contributed by atoms with Gasteiger partial charge in [-0.25, -0.2) is 0 Å². The van der Waals surface area contributed by atoms with Crippen molar-refractivity contribution in [3.63, 3.8) is 0 Å². The Balaban J connectivity index is 1.37. The number of piperidine rings is 1. The molecule has 0 radical (unpaired) electrons. The van der Waals surface area contributed by atoms with Gasteiger partial charge in [0, 0.05) is 18.8 Å². The molecule has 1 saturated heterocycles. The van der Waals surface area contributed by atoms with Crippen molar-refractivity contribution >= 4 is 51.8 Å². The van der Waals surface area contributed by atoms with E-state index < -0.39 is 0 Å². The molecule has 2 amide bonds. The van der Waals surface area contributed by atoms with Crippen molar-refractivity contribution in [3.05, 3.63) is 35.9 Å². The highest BCUT2D eigenvalue weighted by molar-refractivity contribution is 8.01. The second kappa shape index (κ2) is 10.7. The monoisotopic (exact) mass is 422 g/mol. The van der Waals surface area contributed by atoms with E-state index in [0.717, 1.165) is 31.7 Å². The van der Waals surface area contributed by atoms with Crippen LogP contribution in [0, 0.1) is 0 Å². The third-order valence-electron chi connectivity index (χ3n) is 4.03. The van der Waals surface area contributed by atoms with Crippen LogP contribution in [0.15, 0.2) is 34.7 Å². The van der Waals surface area contributed by atoms with E-state index >= 15 is 0 Å². The number of carbonyl (C=O) groups is 2. The average molecular weight is 423 g/mol. The molecule has 6 nitrogen and oxygen atoms in total. The van der Waals surface area contributed by atoms with Crippen LogP contribution in [0.4, 0.5) is 5.13 Å². The van der Waals surface area contributed by atoms with Crippen LogP contribution < -0.4 is 5.32 Å². The van der Waals surface area contributed by atoms with E-state index in [0.29, 0.717) is 21.0 Å². The van der Waals surface area contributed by atoms with Gasteiger partial charge in [0.2, 0.25) is 16.9 Å². The number of hydrogen-bond acceptors (Lipinski definition) is 7. The van der Waals surface area contributed by atoms with Gasteiger partial charge in [0.05, 0.1) is 11.5 Å². The number of likely N-dealkylation sites (tertiary alicyclic amines) is 1. The Morgan fingerprint density at radius 1 is 1.07 bits per heavy atom. The lowest BCUT2D eigenvalue weighted by Gasteiger charge is -2.26. The number of rotatable bonds is 8. The fourth-order valence-electron chi connectivity index (χ4n) is 2.67. The number of amides is 2. The van der Waals surface area contributed by atoms with Crippen LogP contribution in [0.5, 0.6) is 0 Å². The Morgan fingerprint density at radius 3 is 2.63 bits per heavy atom. The summed E-state index contributed by atoms with van der Waals surface area (Å²) in [5.41, 5.74) is 1.20. The first-order valence-electron chi connectivity index (χ1n) is 8.86. The Bertz CT molecular complexity index is 748. The molecule has 1 fully saturated rings. The predicted molar refractivity (Wildman–Crippen MR) is 112 cm³/mol. The van der Waals surface area contributed by atoms with E-state index in [1.165, 1.54) is 35.1 Å². The summed E-state index contributed by atoms with van der Waals surface area (Å²) in [6.45, 7) is 1.72. The molecule has 1 aliphatic rings. The van der Waals surface area contributed by atoms with Crippen LogP contribution in [0.1, 0.15) is 24.8 Å². The van der Waals surface area contributed by atoms with E-state index in [1.807, 2.05) is 35.2 Å². The Labute approximate surface area is 171 Å². The lowest BCUT2D eigenvalue weighted by Crippen LogP contribution is -2.36. The van der Waals surface area contributed by atoms with Crippen LogP contribution in [-0.2, 0) is 15.3 Å². The molecule has 0 aliphatic carbocycles. The normalized spacial score (nSPS) is 14.1. The molecular formula is C18H22N4O2S3. The first-order valence-corrected chi connectivity index (χ1v) is 11.8. The number of hydrogen-bond donors (Lipinski definition) is 1. The van der Waals surface area contributed by atoms with E-state index in [-0.39, 0.29) is 11.8 Å². The fourth-order valence-corrected chi connectivity index (χ4v) is 5.13. The zero-order valence-electron chi connectivity index (χ0n) is 14.9. The lowest BCUT2D eigenvalue weighted by atomic mass is 10.1. The molecule has 9 heteroatoms. The van der Waals surface area contributed by atoms with Crippen molar-refractivity contribution in [2.45, 2.75) is 29.4 Å². The summed E-state index contributed by atoms with van der Waals surface area (Å²) >= 11 is 4.25. The van der Waals surface area contributed by atoms with Gasteiger partial charge in [0.15, 0.2) is 4.34 Å². The number of aromatic nitrogens is 2. The highest BCUT2D eigenvalue weighted by atomic mass is 32.2. The summed E-state index contributed by atoms with van der Waals surface area (Å²) in [6.07, 6.45) is 3.39. The highest BCUT2D eigenvalue weighted by Crippen LogP contribution is 2.26. The maximum absolute atomic E-state index is 12.2. The minimum absolute atomic E-state index is 0.0898. The lowest BCUT2D eigenvalue weighted by molar-refractivity contribution is -0.129. The summed E-state index contributed by atoms with van der Waals surface area (Å²) in [7, 11) is 0. The Hall–Kier alpha value is -1.58. The highest BCUT2D eigenvalue weighted by Gasteiger charge is 2.17. The molecule has 0 bridgehead atoms. The van der Waals surface area contributed by atoms with Crippen LogP contribution in [0.25, 0.3) is 0 Å². The molecule has 144 valence electrons. The second-order valence-electron chi connectivity index (χ2n) is 6.13. The molecule has 0 spiro atoms. The minimum atomic E-state index is -0.0898. The molecule has 2 heterocycles. The van der Waals surface area contributed by atoms with Crippen LogP contribution in [0.2, 0.25) is 0 Å². The van der Waals surface area contributed by atoms with Gasteiger partial charge in [-0.1, -0.05) is 53.4 Å². The number of carbonyl (C=O) groups excluding carboxylic acids is 2. The molecule has 1 N–H and O–H groups in total. The number of benzene rings is 1. The molecular weight excluding hydrogens is 400 g/mol. The van der Waals surface area contributed by atoms with E-state index in [1.54, 1.807) is 11.8 Å². The quantitative estimate of drug-likeness (QED) is 0.518.